The van der Waals surface area contributed by atoms with Crippen LogP contribution in [0, 0.1) is 6.92 Å². The number of anilines is 1. The molecule has 0 fully saturated rings. The van der Waals surface area contributed by atoms with Crippen LogP contribution in [0.5, 0.6) is 0 Å². The van der Waals surface area contributed by atoms with E-state index in [2.05, 4.69) is 40.8 Å². The van der Waals surface area contributed by atoms with Crippen molar-refractivity contribution in [1.29, 1.82) is 0 Å². The first kappa shape index (κ1) is 9.39. The molecule has 1 aromatic heterocycles. The lowest BCUT2D eigenvalue weighted by atomic mass is 10.2. The van der Waals surface area contributed by atoms with Crippen molar-refractivity contribution in [3.05, 3.63) is 35.5 Å². The van der Waals surface area contributed by atoms with Gasteiger partial charge in [0, 0.05) is 6.54 Å². The Kier molecular flexibility index (Phi) is 2.13. The quantitative estimate of drug-likeness (QED) is 0.788. The lowest BCUT2D eigenvalue weighted by molar-refractivity contribution is 0.799. The third-order valence-electron chi connectivity index (χ3n) is 2.87. The number of nitrogens with one attached hydrogen (secondary N) is 1. The molecule has 0 atom stereocenters. The summed E-state index contributed by atoms with van der Waals surface area (Å²) in [4.78, 5) is 0. The Hall–Kier alpha value is -1.84. The minimum absolute atomic E-state index is 1.01. The van der Waals surface area contributed by atoms with Gasteiger partial charge >= 0.3 is 0 Å². The van der Waals surface area contributed by atoms with Crippen molar-refractivity contribution in [2.24, 2.45) is 0 Å². The van der Waals surface area contributed by atoms with Crippen molar-refractivity contribution in [3.63, 3.8) is 0 Å². The lowest BCUT2D eigenvalue weighted by Crippen LogP contribution is -2.14. The van der Waals surface area contributed by atoms with Gasteiger partial charge in [0.1, 0.15) is 5.69 Å². The summed E-state index contributed by atoms with van der Waals surface area (Å²) in [5.74, 6) is 1.05. The SMILES string of the molecule is Cc1cccc(-n2nnc3c2NCCC3)c1. The number of rotatable bonds is 1. The van der Waals surface area contributed by atoms with Crippen LogP contribution in [0.25, 0.3) is 5.69 Å². The summed E-state index contributed by atoms with van der Waals surface area (Å²) < 4.78 is 1.89. The highest BCUT2D eigenvalue weighted by Gasteiger charge is 2.16. The minimum atomic E-state index is 1.01. The second-order valence-corrected chi connectivity index (χ2v) is 4.17. The molecule has 16 heavy (non-hydrogen) atoms. The van der Waals surface area contributed by atoms with Crippen LogP contribution in [0.15, 0.2) is 24.3 Å². The first-order chi connectivity index (χ1) is 7.84. The molecule has 2 aromatic rings. The number of hydrogen-bond acceptors (Lipinski definition) is 3. The van der Waals surface area contributed by atoms with E-state index in [4.69, 9.17) is 0 Å². The molecule has 1 aromatic carbocycles. The molecule has 0 bridgehead atoms. The van der Waals surface area contributed by atoms with E-state index in [1.165, 1.54) is 5.56 Å². The summed E-state index contributed by atoms with van der Waals surface area (Å²) in [6.07, 6.45) is 2.16. The molecule has 2 heterocycles. The number of benzene rings is 1. The highest BCUT2D eigenvalue weighted by molar-refractivity contribution is 5.49. The molecule has 4 heteroatoms. The maximum absolute atomic E-state index is 4.21. The van der Waals surface area contributed by atoms with Gasteiger partial charge in [-0.2, -0.15) is 4.68 Å². The molecule has 1 N–H and O–H groups in total. The molecule has 82 valence electrons. The standard InChI is InChI=1S/C12H14N4/c1-9-4-2-5-10(8-9)16-12-11(14-15-16)6-3-7-13-12/h2,4-5,8,13H,3,6-7H2,1H3. The van der Waals surface area contributed by atoms with E-state index in [0.717, 1.165) is 36.6 Å². The van der Waals surface area contributed by atoms with Crippen molar-refractivity contribution < 1.29 is 0 Å². The fourth-order valence-electron chi connectivity index (χ4n) is 2.06. The predicted octanol–water partition coefficient (Wildman–Crippen LogP) is 1.93. The predicted molar refractivity (Wildman–Crippen MR) is 62.9 cm³/mol. The van der Waals surface area contributed by atoms with Crippen molar-refractivity contribution in [2.45, 2.75) is 19.8 Å². The van der Waals surface area contributed by atoms with Gasteiger partial charge in [-0.05, 0) is 37.5 Å². The van der Waals surface area contributed by atoms with Crippen molar-refractivity contribution >= 4 is 5.82 Å². The third kappa shape index (κ3) is 1.46. The van der Waals surface area contributed by atoms with E-state index >= 15 is 0 Å². The summed E-state index contributed by atoms with van der Waals surface area (Å²) in [6.45, 7) is 3.09. The van der Waals surface area contributed by atoms with Crippen LogP contribution in [0.4, 0.5) is 5.82 Å². The molecular weight excluding hydrogens is 200 g/mol. The van der Waals surface area contributed by atoms with Crippen molar-refractivity contribution in [1.82, 2.24) is 15.0 Å². The highest BCUT2D eigenvalue weighted by Crippen LogP contribution is 2.22. The molecule has 1 aliphatic heterocycles. The van der Waals surface area contributed by atoms with Crippen molar-refractivity contribution in [3.8, 4) is 5.69 Å². The molecule has 4 nitrogen and oxygen atoms in total. The van der Waals surface area contributed by atoms with Crippen LogP contribution in [0.1, 0.15) is 17.7 Å². The van der Waals surface area contributed by atoms with Crippen molar-refractivity contribution in [2.75, 3.05) is 11.9 Å². The topological polar surface area (TPSA) is 42.7 Å². The first-order valence-electron chi connectivity index (χ1n) is 5.60. The Labute approximate surface area is 94.3 Å². The number of fused-ring (bicyclic) bond motifs is 1. The molecule has 3 rings (SSSR count). The third-order valence-corrected chi connectivity index (χ3v) is 2.87. The molecule has 0 saturated carbocycles. The minimum Gasteiger partial charge on any atom is -0.368 e. The summed E-state index contributed by atoms with van der Waals surface area (Å²) in [5.41, 5.74) is 3.38. The summed E-state index contributed by atoms with van der Waals surface area (Å²) in [6, 6.07) is 8.30. The number of aryl methyl sites for hydroxylation is 2. The Morgan fingerprint density at radius 3 is 3.19 bits per heavy atom. The van der Waals surface area contributed by atoms with Crippen LogP contribution >= 0.6 is 0 Å². The van der Waals surface area contributed by atoms with Crippen LogP contribution < -0.4 is 5.32 Å². The maximum atomic E-state index is 4.21. The average molecular weight is 214 g/mol. The van der Waals surface area contributed by atoms with Gasteiger partial charge in [-0.1, -0.05) is 17.3 Å². The lowest BCUT2D eigenvalue weighted by Gasteiger charge is -2.14. The smallest absolute Gasteiger partial charge is 0.153 e. The summed E-state index contributed by atoms with van der Waals surface area (Å²) in [5, 5.41) is 11.8. The molecule has 1 aliphatic rings. The Bertz CT molecular complexity index is 515. The average Bonchev–Trinajstić information content (AvgIpc) is 2.72. The fourth-order valence-corrected chi connectivity index (χ4v) is 2.06. The molecule has 0 saturated heterocycles. The number of hydrogen-bond donors (Lipinski definition) is 1. The van der Waals surface area contributed by atoms with Gasteiger partial charge in [0.15, 0.2) is 5.82 Å². The monoisotopic (exact) mass is 214 g/mol. The van der Waals surface area contributed by atoms with Crippen LogP contribution in [0.3, 0.4) is 0 Å². The highest BCUT2D eigenvalue weighted by atomic mass is 15.5. The second-order valence-electron chi connectivity index (χ2n) is 4.17. The van der Waals surface area contributed by atoms with Gasteiger partial charge in [0.05, 0.1) is 5.69 Å². The molecule has 0 amide bonds. The zero-order valence-corrected chi connectivity index (χ0v) is 9.27. The van der Waals surface area contributed by atoms with Gasteiger partial charge in [0.2, 0.25) is 0 Å². The van der Waals surface area contributed by atoms with Gasteiger partial charge < -0.3 is 5.32 Å². The van der Waals surface area contributed by atoms with Crippen LogP contribution in [-0.4, -0.2) is 21.5 Å². The zero-order chi connectivity index (χ0) is 11.0. The molecule has 0 unspecified atom stereocenters. The Morgan fingerprint density at radius 2 is 2.31 bits per heavy atom. The van der Waals surface area contributed by atoms with E-state index in [0.29, 0.717) is 0 Å². The second kappa shape index (κ2) is 3.63. The zero-order valence-electron chi connectivity index (χ0n) is 9.27. The molecular formula is C12H14N4. The Morgan fingerprint density at radius 1 is 1.38 bits per heavy atom. The largest absolute Gasteiger partial charge is 0.368 e. The molecule has 0 aliphatic carbocycles. The van der Waals surface area contributed by atoms with Crippen LogP contribution in [-0.2, 0) is 6.42 Å². The van der Waals surface area contributed by atoms with Crippen LogP contribution in [0.2, 0.25) is 0 Å². The maximum Gasteiger partial charge on any atom is 0.153 e. The van der Waals surface area contributed by atoms with E-state index in [9.17, 15) is 0 Å². The molecule has 0 radical (unpaired) electrons. The van der Waals surface area contributed by atoms with Gasteiger partial charge in [-0.15, -0.1) is 5.10 Å². The number of nitrogens with zero attached hydrogens (tertiary/aromatic N) is 3. The first-order valence-corrected chi connectivity index (χ1v) is 5.60. The fraction of sp³-hybridized carbons (Fsp3) is 0.333. The normalized spacial score (nSPS) is 14.3. The Balaban J connectivity index is 2.09. The van der Waals surface area contributed by atoms with E-state index < -0.39 is 0 Å². The van der Waals surface area contributed by atoms with Gasteiger partial charge in [-0.25, -0.2) is 0 Å². The van der Waals surface area contributed by atoms with Gasteiger partial charge in [0.25, 0.3) is 0 Å². The summed E-state index contributed by atoms with van der Waals surface area (Å²) in [7, 11) is 0. The number of aromatic nitrogens is 3. The van der Waals surface area contributed by atoms with Gasteiger partial charge in [-0.3, -0.25) is 0 Å². The van der Waals surface area contributed by atoms with E-state index in [1.807, 2.05) is 10.7 Å². The van der Waals surface area contributed by atoms with E-state index in [-0.39, 0.29) is 0 Å². The van der Waals surface area contributed by atoms with E-state index in [1.54, 1.807) is 0 Å². The molecule has 0 spiro atoms. The summed E-state index contributed by atoms with van der Waals surface area (Å²) >= 11 is 0.